The Morgan fingerprint density at radius 1 is 1.11 bits per heavy atom. The van der Waals surface area contributed by atoms with Crippen molar-refractivity contribution in [3.05, 3.63) is 77.7 Å². The van der Waals surface area contributed by atoms with Gasteiger partial charge in [0.05, 0.1) is 5.56 Å². The van der Waals surface area contributed by atoms with Crippen LogP contribution in [0.3, 0.4) is 0 Å². The molecular weight excluding hydrogens is 336 g/mol. The third kappa shape index (κ3) is 4.26. The summed E-state index contributed by atoms with van der Waals surface area (Å²) in [6.45, 7) is 1.83. The van der Waals surface area contributed by atoms with Crippen molar-refractivity contribution in [2.75, 3.05) is 6.54 Å². The predicted molar refractivity (Wildman–Crippen MR) is 106 cm³/mol. The second-order valence-electron chi connectivity index (χ2n) is 6.99. The third-order valence-electron chi connectivity index (χ3n) is 5.00. The average molecular weight is 360 g/mol. The Hall–Kier alpha value is -2.92. The van der Waals surface area contributed by atoms with Gasteiger partial charge in [-0.05, 0) is 43.1 Å². The van der Waals surface area contributed by atoms with E-state index in [2.05, 4.69) is 44.9 Å². The Morgan fingerprint density at radius 3 is 2.74 bits per heavy atom. The summed E-state index contributed by atoms with van der Waals surface area (Å²) >= 11 is 0. The fraction of sp³-hybridized carbons (Fsp3) is 0.273. The minimum atomic E-state index is 0.0232. The molecular formula is C22H24N4O. The van der Waals surface area contributed by atoms with Gasteiger partial charge in [-0.15, -0.1) is 0 Å². The molecule has 1 unspecified atom stereocenters. The zero-order chi connectivity index (χ0) is 18.5. The van der Waals surface area contributed by atoms with Gasteiger partial charge in [0.15, 0.2) is 0 Å². The summed E-state index contributed by atoms with van der Waals surface area (Å²) in [5.74, 6) is 0.0232. The molecule has 1 aromatic carbocycles. The molecule has 0 spiro atoms. The molecule has 138 valence electrons. The maximum absolute atomic E-state index is 12.5. The van der Waals surface area contributed by atoms with E-state index in [0.717, 1.165) is 54.9 Å². The summed E-state index contributed by atoms with van der Waals surface area (Å²) in [4.78, 5) is 19.9. The van der Waals surface area contributed by atoms with Crippen LogP contribution in [0, 0.1) is 0 Å². The van der Waals surface area contributed by atoms with Gasteiger partial charge in [-0.3, -0.25) is 9.78 Å². The monoisotopic (exact) mass is 360 g/mol. The Labute approximate surface area is 159 Å². The molecule has 27 heavy (non-hydrogen) atoms. The number of benzene rings is 1. The SMILES string of the molecule is O=C1NC(CCCNCc2ccccc2)Cc2[nH]c(-c3ccncc3)cc21. The van der Waals surface area contributed by atoms with Gasteiger partial charge in [0, 0.05) is 48.4 Å². The number of H-pyrrole nitrogens is 1. The first-order valence-electron chi connectivity index (χ1n) is 9.47. The molecule has 0 radical (unpaired) electrons. The van der Waals surface area contributed by atoms with Crippen LogP contribution in [0.2, 0.25) is 0 Å². The number of aromatic amines is 1. The zero-order valence-corrected chi connectivity index (χ0v) is 15.2. The Morgan fingerprint density at radius 2 is 1.93 bits per heavy atom. The van der Waals surface area contributed by atoms with Gasteiger partial charge in [-0.1, -0.05) is 30.3 Å². The molecule has 3 heterocycles. The number of amides is 1. The number of carbonyl (C=O) groups excluding carboxylic acids is 1. The van der Waals surface area contributed by atoms with Crippen LogP contribution in [0.15, 0.2) is 60.9 Å². The van der Waals surface area contributed by atoms with Crippen molar-refractivity contribution in [3.63, 3.8) is 0 Å². The molecule has 0 fully saturated rings. The third-order valence-corrected chi connectivity index (χ3v) is 5.00. The maximum Gasteiger partial charge on any atom is 0.253 e. The lowest BCUT2D eigenvalue weighted by Gasteiger charge is -2.23. The van der Waals surface area contributed by atoms with Crippen LogP contribution in [-0.2, 0) is 13.0 Å². The quantitative estimate of drug-likeness (QED) is 0.566. The molecule has 1 atom stereocenters. The zero-order valence-electron chi connectivity index (χ0n) is 15.2. The number of pyridine rings is 1. The predicted octanol–water partition coefficient (Wildman–Crippen LogP) is 3.30. The van der Waals surface area contributed by atoms with Crippen LogP contribution >= 0.6 is 0 Å². The Balaban J connectivity index is 1.29. The number of rotatable bonds is 7. The van der Waals surface area contributed by atoms with Crippen molar-refractivity contribution < 1.29 is 4.79 Å². The minimum Gasteiger partial charge on any atom is -0.358 e. The summed E-state index contributed by atoms with van der Waals surface area (Å²) in [5, 5.41) is 6.62. The van der Waals surface area contributed by atoms with Crippen molar-refractivity contribution in [3.8, 4) is 11.3 Å². The molecule has 0 saturated carbocycles. The molecule has 1 aliphatic rings. The number of nitrogens with zero attached hydrogens (tertiary/aromatic N) is 1. The highest BCUT2D eigenvalue weighted by molar-refractivity contribution is 5.98. The molecule has 5 heteroatoms. The van der Waals surface area contributed by atoms with Crippen LogP contribution in [0.25, 0.3) is 11.3 Å². The summed E-state index contributed by atoms with van der Waals surface area (Å²) in [6, 6.07) is 16.4. The average Bonchev–Trinajstić information content (AvgIpc) is 3.14. The van der Waals surface area contributed by atoms with E-state index in [1.165, 1.54) is 5.56 Å². The molecule has 0 aliphatic carbocycles. The van der Waals surface area contributed by atoms with E-state index in [0.29, 0.717) is 0 Å². The highest BCUT2D eigenvalue weighted by atomic mass is 16.1. The molecule has 0 saturated heterocycles. The smallest absolute Gasteiger partial charge is 0.253 e. The van der Waals surface area contributed by atoms with Gasteiger partial charge in [0.2, 0.25) is 0 Å². The summed E-state index contributed by atoms with van der Waals surface area (Å²) in [5.41, 5.74) is 5.12. The number of aromatic nitrogens is 2. The largest absolute Gasteiger partial charge is 0.358 e. The normalized spacial score (nSPS) is 16.0. The van der Waals surface area contributed by atoms with E-state index >= 15 is 0 Å². The number of hydrogen-bond donors (Lipinski definition) is 3. The van der Waals surface area contributed by atoms with E-state index in [-0.39, 0.29) is 11.9 Å². The standard InChI is InChI=1S/C22H24N4O/c27-22-19-14-20(17-8-11-23-12-9-17)26-21(19)13-18(25-22)7-4-10-24-15-16-5-2-1-3-6-16/h1-3,5-6,8-9,11-12,14,18,24,26H,4,7,10,13,15H2,(H,25,27). The lowest BCUT2D eigenvalue weighted by molar-refractivity contribution is 0.0922. The number of hydrogen-bond acceptors (Lipinski definition) is 3. The molecule has 0 bridgehead atoms. The van der Waals surface area contributed by atoms with Crippen LogP contribution in [-0.4, -0.2) is 28.5 Å². The van der Waals surface area contributed by atoms with Crippen molar-refractivity contribution in [1.82, 2.24) is 20.6 Å². The lowest BCUT2D eigenvalue weighted by atomic mass is 9.98. The molecule has 3 aromatic rings. The van der Waals surface area contributed by atoms with Gasteiger partial charge in [0.1, 0.15) is 0 Å². The summed E-state index contributed by atoms with van der Waals surface area (Å²) < 4.78 is 0. The van der Waals surface area contributed by atoms with E-state index in [9.17, 15) is 4.79 Å². The van der Waals surface area contributed by atoms with E-state index in [1.807, 2.05) is 24.3 Å². The molecule has 3 N–H and O–H groups in total. The first-order valence-corrected chi connectivity index (χ1v) is 9.47. The van der Waals surface area contributed by atoms with Gasteiger partial charge in [-0.25, -0.2) is 0 Å². The fourth-order valence-electron chi connectivity index (χ4n) is 3.58. The van der Waals surface area contributed by atoms with E-state index < -0.39 is 0 Å². The highest BCUT2D eigenvalue weighted by Gasteiger charge is 2.26. The summed E-state index contributed by atoms with van der Waals surface area (Å²) in [6.07, 6.45) is 6.38. The van der Waals surface area contributed by atoms with Gasteiger partial charge >= 0.3 is 0 Å². The van der Waals surface area contributed by atoms with Crippen molar-refractivity contribution in [1.29, 1.82) is 0 Å². The van der Waals surface area contributed by atoms with Crippen LogP contribution in [0.5, 0.6) is 0 Å². The molecule has 4 rings (SSSR count). The second kappa shape index (κ2) is 8.18. The maximum atomic E-state index is 12.5. The Kier molecular flexibility index (Phi) is 5.30. The molecule has 5 nitrogen and oxygen atoms in total. The number of nitrogens with one attached hydrogen (secondary N) is 3. The minimum absolute atomic E-state index is 0.0232. The second-order valence-corrected chi connectivity index (χ2v) is 6.99. The van der Waals surface area contributed by atoms with Gasteiger partial charge < -0.3 is 15.6 Å². The molecule has 1 aliphatic heterocycles. The van der Waals surface area contributed by atoms with E-state index in [1.54, 1.807) is 12.4 Å². The number of fused-ring (bicyclic) bond motifs is 1. The summed E-state index contributed by atoms with van der Waals surface area (Å²) in [7, 11) is 0. The number of carbonyl (C=O) groups is 1. The first-order chi connectivity index (χ1) is 13.3. The Bertz CT molecular complexity index is 889. The topological polar surface area (TPSA) is 69.8 Å². The van der Waals surface area contributed by atoms with Crippen molar-refractivity contribution >= 4 is 5.91 Å². The highest BCUT2D eigenvalue weighted by Crippen LogP contribution is 2.25. The van der Waals surface area contributed by atoms with Gasteiger partial charge in [0.25, 0.3) is 5.91 Å². The van der Waals surface area contributed by atoms with Gasteiger partial charge in [-0.2, -0.15) is 0 Å². The fourth-order valence-corrected chi connectivity index (χ4v) is 3.58. The van der Waals surface area contributed by atoms with E-state index in [4.69, 9.17) is 0 Å². The van der Waals surface area contributed by atoms with Crippen LogP contribution in [0.1, 0.15) is 34.5 Å². The van der Waals surface area contributed by atoms with Crippen LogP contribution < -0.4 is 10.6 Å². The molecule has 1 amide bonds. The van der Waals surface area contributed by atoms with Crippen molar-refractivity contribution in [2.45, 2.75) is 31.8 Å². The van der Waals surface area contributed by atoms with Crippen molar-refractivity contribution in [2.24, 2.45) is 0 Å². The lowest BCUT2D eigenvalue weighted by Crippen LogP contribution is -2.41. The molecule has 2 aromatic heterocycles. The first kappa shape index (κ1) is 17.5. The van der Waals surface area contributed by atoms with Crippen LogP contribution in [0.4, 0.5) is 0 Å².